The molecule has 0 saturated heterocycles. The first kappa shape index (κ1) is 14.8. The van der Waals surface area contributed by atoms with Crippen LogP contribution < -0.4 is 0 Å². The number of rotatable bonds is 3. The van der Waals surface area contributed by atoms with Crippen LogP contribution in [0.2, 0.25) is 5.02 Å². The smallest absolute Gasteiger partial charge is 0.302 e. The molecule has 1 aromatic carbocycles. The molecular formula is C9H7BrCl2O4S. The third-order valence-electron chi connectivity index (χ3n) is 1.77. The largest absolute Gasteiger partial charge is 0.461 e. The van der Waals surface area contributed by atoms with Crippen molar-refractivity contribution in [1.82, 2.24) is 0 Å². The van der Waals surface area contributed by atoms with Crippen molar-refractivity contribution < 1.29 is 17.9 Å². The quantitative estimate of drug-likeness (QED) is 0.613. The fraction of sp³-hybridized carbons (Fsp3) is 0.222. The molecule has 0 fully saturated rings. The molecule has 0 spiro atoms. The van der Waals surface area contributed by atoms with Gasteiger partial charge in [0.25, 0.3) is 9.05 Å². The summed E-state index contributed by atoms with van der Waals surface area (Å²) in [5.74, 6) is -0.479. The second kappa shape index (κ2) is 5.56. The lowest BCUT2D eigenvalue weighted by atomic mass is 10.2. The van der Waals surface area contributed by atoms with Crippen LogP contribution in [-0.4, -0.2) is 14.4 Å². The third kappa shape index (κ3) is 4.13. The van der Waals surface area contributed by atoms with E-state index in [9.17, 15) is 13.2 Å². The van der Waals surface area contributed by atoms with Crippen LogP contribution in [0.25, 0.3) is 0 Å². The van der Waals surface area contributed by atoms with Gasteiger partial charge in [-0.2, -0.15) is 0 Å². The van der Waals surface area contributed by atoms with Crippen molar-refractivity contribution in [3.05, 3.63) is 27.2 Å². The van der Waals surface area contributed by atoms with Gasteiger partial charge in [-0.1, -0.05) is 11.6 Å². The van der Waals surface area contributed by atoms with Gasteiger partial charge in [-0.3, -0.25) is 4.79 Å². The van der Waals surface area contributed by atoms with E-state index in [1.165, 1.54) is 19.1 Å². The molecule has 0 amide bonds. The van der Waals surface area contributed by atoms with Crippen LogP contribution >= 0.6 is 38.2 Å². The Labute approximate surface area is 116 Å². The molecule has 0 atom stereocenters. The number of hydrogen-bond acceptors (Lipinski definition) is 4. The summed E-state index contributed by atoms with van der Waals surface area (Å²) < 4.78 is 27.5. The van der Waals surface area contributed by atoms with Gasteiger partial charge in [0.2, 0.25) is 0 Å². The van der Waals surface area contributed by atoms with E-state index in [0.717, 1.165) is 0 Å². The lowest BCUT2D eigenvalue weighted by Gasteiger charge is -2.09. The summed E-state index contributed by atoms with van der Waals surface area (Å²) in [7, 11) is 1.33. The summed E-state index contributed by atoms with van der Waals surface area (Å²) in [6, 6.07) is 2.70. The Morgan fingerprint density at radius 3 is 2.53 bits per heavy atom. The Bertz CT molecular complexity index is 556. The number of hydrogen-bond donors (Lipinski definition) is 0. The van der Waals surface area contributed by atoms with E-state index < -0.39 is 15.0 Å². The summed E-state index contributed by atoms with van der Waals surface area (Å²) in [6.07, 6.45) is 0. The van der Waals surface area contributed by atoms with E-state index in [2.05, 4.69) is 15.9 Å². The maximum atomic E-state index is 11.3. The molecule has 0 radical (unpaired) electrons. The summed E-state index contributed by atoms with van der Waals surface area (Å²) in [6.45, 7) is 1.16. The summed E-state index contributed by atoms with van der Waals surface area (Å²) in [4.78, 5) is 10.5. The van der Waals surface area contributed by atoms with Gasteiger partial charge in [0.05, 0.1) is 4.90 Å². The summed E-state index contributed by atoms with van der Waals surface area (Å²) in [5, 5.41) is 0.189. The predicted octanol–water partition coefficient (Wildman–Crippen LogP) is 3.09. The molecule has 0 aliphatic carbocycles. The van der Waals surface area contributed by atoms with Gasteiger partial charge in [-0.05, 0) is 28.1 Å². The average Bonchev–Trinajstić information content (AvgIpc) is 2.17. The van der Waals surface area contributed by atoms with Crippen LogP contribution in [0.15, 0.2) is 21.5 Å². The zero-order valence-electron chi connectivity index (χ0n) is 8.54. The lowest BCUT2D eigenvalue weighted by Crippen LogP contribution is -2.02. The van der Waals surface area contributed by atoms with E-state index in [1.54, 1.807) is 0 Å². The van der Waals surface area contributed by atoms with Crippen LogP contribution in [0.5, 0.6) is 0 Å². The summed E-state index contributed by atoms with van der Waals surface area (Å²) >= 11 is 8.85. The molecule has 0 aliphatic heterocycles. The number of ether oxygens (including phenoxy) is 1. The monoisotopic (exact) mass is 360 g/mol. The second-order valence-electron chi connectivity index (χ2n) is 3.10. The van der Waals surface area contributed by atoms with Crippen LogP contribution in [-0.2, 0) is 25.2 Å². The van der Waals surface area contributed by atoms with Crippen LogP contribution in [0.3, 0.4) is 0 Å². The molecule has 1 aromatic rings. The Balaban J connectivity index is 3.24. The Hall–Kier alpha value is -0.300. The zero-order chi connectivity index (χ0) is 13.2. The first-order valence-corrected chi connectivity index (χ1v) is 7.76. The van der Waals surface area contributed by atoms with Crippen molar-refractivity contribution in [2.24, 2.45) is 0 Å². The molecule has 0 aromatic heterocycles. The molecule has 1 rings (SSSR count). The van der Waals surface area contributed by atoms with Crippen molar-refractivity contribution >= 4 is 53.2 Å². The van der Waals surface area contributed by atoms with Crippen molar-refractivity contribution in [2.75, 3.05) is 0 Å². The highest BCUT2D eigenvalue weighted by Gasteiger charge is 2.18. The number of carbonyl (C=O) groups excluding carboxylic acids is 1. The number of halogens is 3. The minimum Gasteiger partial charge on any atom is -0.461 e. The molecule has 0 N–H and O–H groups in total. The van der Waals surface area contributed by atoms with Gasteiger partial charge < -0.3 is 4.74 Å². The van der Waals surface area contributed by atoms with E-state index in [4.69, 9.17) is 27.0 Å². The highest BCUT2D eigenvalue weighted by atomic mass is 79.9. The van der Waals surface area contributed by atoms with Gasteiger partial charge in [0.15, 0.2) is 0 Å². The van der Waals surface area contributed by atoms with Crippen molar-refractivity contribution in [3.63, 3.8) is 0 Å². The lowest BCUT2D eigenvalue weighted by molar-refractivity contribution is -0.142. The molecule has 0 heterocycles. The van der Waals surface area contributed by atoms with Crippen molar-refractivity contribution in [1.29, 1.82) is 0 Å². The Kier molecular flexibility index (Phi) is 4.83. The fourth-order valence-electron chi connectivity index (χ4n) is 1.08. The highest BCUT2D eigenvalue weighted by molar-refractivity contribution is 9.10. The molecule has 0 bridgehead atoms. The van der Waals surface area contributed by atoms with E-state index in [-0.39, 0.29) is 21.0 Å². The molecule has 0 unspecified atom stereocenters. The molecule has 0 saturated carbocycles. The molecule has 8 heteroatoms. The molecule has 0 aliphatic rings. The zero-order valence-corrected chi connectivity index (χ0v) is 12.5. The normalized spacial score (nSPS) is 11.3. The minimum atomic E-state index is -3.92. The Morgan fingerprint density at radius 1 is 1.47 bits per heavy atom. The molecule has 94 valence electrons. The number of esters is 1. The standard InChI is InChI=1S/C9H7BrCl2O4S/c1-5(13)16-4-6-2-7(11)3-8(9(6)10)17(12,14)15/h2-3H,4H2,1H3. The molecule has 4 nitrogen and oxygen atoms in total. The second-order valence-corrected chi connectivity index (χ2v) is 6.86. The Morgan fingerprint density at radius 2 is 2.06 bits per heavy atom. The highest BCUT2D eigenvalue weighted by Crippen LogP contribution is 2.32. The average molecular weight is 362 g/mol. The number of benzene rings is 1. The minimum absolute atomic E-state index is 0.0874. The number of carbonyl (C=O) groups is 1. The SMILES string of the molecule is CC(=O)OCc1cc(Cl)cc(S(=O)(=O)Cl)c1Br. The fourth-order valence-corrected chi connectivity index (χ4v) is 3.63. The molecule has 17 heavy (non-hydrogen) atoms. The van der Waals surface area contributed by atoms with Gasteiger partial charge in [0.1, 0.15) is 6.61 Å². The van der Waals surface area contributed by atoms with E-state index >= 15 is 0 Å². The maximum absolute atomic E-state index is 11.3. The third-order valence-corrected chi connectivity index (χ3v) is 4.54. The van der Waals surface area contributed by atoms with Crippen LogP contribution in [0.1, 0.15) is 12.5 Å². The van der Waals surface area contributed by atoms with Gasteiger partial charge >= 0.3 is 5.97 Å². The molecular weight excluding hydrogens is 355 g/mol. The predicted molar refractivity (Wildman–Crippen MR) is 67.7 cm³/mol. The van der Waals surface area contributed by atoms with Crippen LogP contribution in [0, 0.1) is 0 Å². The van der Waals surface area contributed by atoms with Gasteiger partial charge in [0, 0.05) is 32.7 Å². The van der Waals surface area contributed by atoms with Crippen molar-refractivity contribution in [2.45, 2.75) is 18.4 Å². The maximum Gasteiger partial charge on any atom is 0.302 e. The van der Waals surface area contributed by atoms with Gasteiger partial charge in [-0.25, -0.2) is 8.42 Å². The van der Waals surface area contributed by atoms with Crippen LogP contribution in [0.4, 0.5) is 0 Å². The van der Waals surface area contributed by atoms with Gasteiger partial charge in [-0.15, -0.1) is 0 Å². The first-order valence-electron chi connectivity index (χ1n) is 4.27. The van der Waals surface area contributed by atoms with E-state index in [0.29, 0.717) is 5.56 Å². The van der Waals surface area contributed by atoms with E-state index in [1.807, 2.05) is 0 Å². The first-order chi connectivity index (χ1) is 7.71. The van der Waals surface area contributed by atoms with Crippen molar-refractivity contribution in [3.8, 4) is 0 Å². The summed E-state index contributed by atoms with van der Waals surface area (Å²) in [5.41, 5.74) is 0.423. The topological polar surface area (TPSA) is 60.4 Å².